The summed E-state index contributed by atoms with van der Waals surface area (Å²) in [5.74, 6) is -0.106. The summed E-state index contributed by atoms with van der Waals surface area (Å²) in [5.41, 5.74) is 3.53. The molecule has 0 atom stereocenters. The predicted molar refractivity (Wildman–Crippen MR) is 110 cm³/mol. The Kier molecular flexibility index (Phi) is 5.99. The van der Waals surface area contributed by atoms with E-state index in [1.54, 1.807) is 50.5 Å². The van der Waals surface area contributed by atoms with Crippen molar-refractivity contribution in [2.24, 2.45) is 0 Å². The highest BCUT2D eigenvalue weighted by Crippen LogP contribution is 2.16. The van der Waals surface area contributed by atoms with Gasteiger partial charge in [0, 0.05) is 17.3 Å². The monoisotopic (exact) mass is 394 g/mol. The number of nitrogens with zero attached hydrogens (tertiary/aromatic N) is 2. The van der Waals surface area contributed by atoms with Gasteiger partial charge in [0.25, 0.3) is 0 Å². The van der Waals surface area contributed by atoms with E-state index < -0.39 is 15.1 Å². The minimum atomic E-state index is -3.16. The molecule has 0 N–H and O–H groups in total. The molecule has 3 aromatic rings. The Morgan fingerprint density at radius 1 is 0.929 bits per heavy atom. The van der Waals surface area contributed by atoms with Gasteiger partial charge >= 0.3 is 0 Å². The SMILES string of the molecule is CC(C)S(=O)(=O)Cc1ccc(C(=O)Cc2cnc(-c3ccccc3)cn2)cc1. The minimum Gasteiger partial charge on any atom is -0.294 e. The molecule has 0 bridgehead atoms. The van der Waals surface area contributed by atoms with E-state index in [2.05, 4.69) is 9.97 Å². The van der Waals surface area contributed by atoms with Crippen molar-refractivity contribution >= 4 is 15.6 Å². The number of sulfone groups is 1. The molecule has 0 spiro atoms. The van der Waals surface area contributed by atoms with Crippen molar-refractivity contribution in [3.63, 3.8) is 0 Å². The van der Waals surface area contributed by atoms with Crippen molar-refractivity contribution in [1.82, 2.24) is 9.97 Å². The Labute approximate surface area is 165 Å². The molecule has 2 aromatic carbocycles. The third kappa shape index (κ3) is 4.89. The molecule has 1 heterocycles. The fourth-order valence-corrected chi connectivity index (χ4v) is 3.65. The standard InChI is InChI=1S/C22H22N2O3S/c1-16(2)28(26,27)15-17-8-10-19(11-9-17)22(25)12-20-13-24-21(14-23-20)18-6-4-3-5-7-18/h3-11,13-14,16H,12,15H2,1-2H3. The first-order valence-corrected chi connectivity index (χ1v) is 10.8. The number of rotatable bonds is 7. The van der Waals surface area contributed by atoms with Crippen LogP contribution in [0.4, 0.5) is 0 Å². The van der Waals surface area contributed by atoms with Gasteiger partial charge in [0.2, 0.25) is 0 Å². The summed E-state index contributed by atoms with van der Waals surface area (Å²) >= 11 is 0. The maximum atomic E-state index is 12.5. The maximum Gasteiger partial charge on any atom is 0.168 e. The van der Waals surface area contributed by atoms with Crippen molar-refractivity contribution in [2.45, 2.75) is 31.3 Å². The largest absolute Gasteiger partial charge is 0.294 e. The molecule has 3 rings (SSSR count). The van der Waals surface area contributed by atoms with Crippen LogP contribution in [0, 0.1) is 0 Å². The summed E-state index contributed by atoms with van der Waals surface area (Å²) < 4.78 is 24.0. The zero-order valence-corrected chi connectivity index (χ0v) is 16.7. The lowest BCUT2D eigenvalue weighted by atomic mass is 10.1. The summed E-state index contributed by atoms with van der Waals surface area (Å²) in [6.45, 7) is 3.33. The van der Waals surface area contributed by atoms with Gasteiger partial charge in [0.15, 0.2) is 15.6 Å². The number of ketones is 1. The first-order chi connectivity index (χ1) is 13.3. The molecule has 28 heavy (non-hydrogen) atoms. The molecule has 0 radical (unpaired) electrons. The Morgan fingerprint density at radius 2 is 1.61 bits per heavy atom. The molecule has 0 aliphatic carbocycles. The lowest BCUT2D eigenvalue weighted by Crippen LogP contribution is -2.16. The van der Waals surface area contributed by atoms with Crippen LogP contribution in [-0.4, -0.2) is 29.4 Å². The molecule has 6 heteroatoms. The smallest absolute Gasteiger partial charge is 0.168 e. The Balaban J connectivity index is 1.66. The molecule has 5 nitrogen and oxygen atoms in total. The second kappa shape index (κ2) is 8.44. The normalized spacial score (nSPS) is 11.5. The molecule has 0 fully saturated rings. The van der Waals surface area contributed by atoms with E-state index >= 15 is 0 Å². The van der Waals surface area contributed by atoms with E-state index in [0.717, 1.165) is 11.3 Å². The van der Waals surface area contributed by atoms with Gasteiger partial charge in [-0.2, -0.15) is 0 Å². The number of carbonyl (C=O) groups is 1. The summed E-state index contributed by atoms with van der Waals surface area (Å²) in [4.78, 5) is 21.2. The molecular weight excluding hydrogens is 372 g/mol. The number of benzene rings is 2. The maximum absolute atomic E-state index is 12.5. The van der Waals surface area contributed by atoms with E-state index in [1.807, 2.05) is 30.3 Å². The zero-order valence-electron chi connectivity index (χ0n) is 15.9. The molecule has 0 aliphatic rings. The third-order valence-corrected chi connectivity index (χ3v) is 6.65. The average molecular weight is 394 g/mol. The number of hydrogen-bond acceptors (Lipinski definition) is 5. The second-order valence-corrected chi connectivity index (χ2v) is 9.47. The molecule has 0 unspecified atom stereocenters. The number of Topliss-reactive ketones (excluding diaryl/α,β-unsaturated/α-hetero) is 1. The topological polar surface area (TPSA) is 77.0 Å². The first-order valence-electron chi connectivity index (χ1n) is 9.05. The van der Waals surface area contributed by atoms with E-state index in [9.17, 15) is 13.2 Å². The van der Waals surface area contributed by atoms with E-state index in [-0.39, 0.29) is 18.0 Å². The molecule has 0 saturated carbocycles. The van der Waals surface area contributed by atoms with Crippen LogP contribution in [0.1, 0.15) is 35.5 Å². The fraction of sp³-hybridized carbons (Fsp3) is 0.227. The second-order valence-electron chi connectivity index (χ2n) is 6.91. The zero-order chi connectivity index (χ0) is 20.1. The molecule has 0 aliphatic heterocycles. The lowest BCUT2D eigenvalue weighted by Gasteiger charge is -2.08. The lowest BCUT2D eigenvalue weighted by molar-refractivity contribution is 0.0992. The number of hydrogen-bond donors (Lipinski definition) is 0. The van der Waals surface area contributed by atoms with E-state index in [1.165, 1.54) is 0 Å². The summed E-state index contributed by atoms with van der Waals surface area (Å²) in [5, 5.41) is -0.425. The van der Waals surface area contributed by atoms with Crippen LogP contribution < -0.4 is 0 Å². The average Bonchev–Trinajstić information content (AvgIpc) is 2.69. The van der Waals surface area contributed by atoms with Crippen LogP contribution in [0.3, 0.4) is 0 Å². The number of aromatic nitrogens is 2. The van der Waals surface area contributed by atoms with Crippen molar-refractivity contribution in [3.8, 4) is 11.3 Å². The molecule has 1 aromatic heterocycles. The van der Waals surface area contributed by atoms with Gasteiger partial charge in [-0.1, -0.05) is 54.6 Å². The first kappa shape index (κ1) is 19.9. The fourth-order valence-electron chi connectivity index (χ4n) is 2.66. The van der Waals surface area contributed by atoms with Gasteiger partial charge < -0.3 is 0 Å². The van der Waals surface area contributed by atoms with Crippen LogP contribution in [-0.2, 0) is 22.0 Å². The highest BCUT2D eigenvalue weighted by molar-refractivity contribution is 7.91. The van der Waals surface area contributed by atoms with Crippen LogP contribution in [0.15, 0.2) is 67.0 Å². The summed E-state index contributed by atoms with van der Waals surface area (Å²) in [7, 11) is -3.16. The van der Waals surface area contributed by atoms with Crippen molar-refractivity contribution in [3.05, 3.63) is 83.8 Å². The van der Waals surface area contributed by atoms with Crippen LogP contribution in [0.2, 0.25) is 0 Å². The van der Waals surface area contributed by atoms with Crippen molar-refractivity contribution < 1.29 is 13.2 Å². The van der Waals surface area contributed by atoms with Crippen LogP contribution >= 0.6 is 0 Å². The Morgan fingerprint density at radius 3 is 2.18 bits per heavy atom. The number of carbonyl (C=O) groups excluding carboxylic acids is 1. The molecule has 144 valence electrons. The van der Waals surface area contributed by atoms with Crippen LogP contribution in [0.5, 0.6) is 0 Å². The molecular formula is C22H22N2O3S. The third-order valence-electron chi connectivity index (χ3n) is 4.48. The molecule has 0 saturated heterocycles. The van der Waals surface area contributed by atoms with Gasteiger partial charge in [0.05, 0.1) is 35.0 Å². The van der Waals surface area contributed by atoms with Gasteiger partial charge in [-0.05, 0) is 19.4 Å². The molecule has 0 amide bonds. The summed E-state index contributed by atoms with van der Waals surface area (Å²) in [6, 6.07) is 16.4. The van der Waals surface area contributed by atoms with Gasteiger partial charge in [-0.3, -0.25) is 14.8 Å². The highest BCUT2D eigenvalue weighted by Gasteiger charge is 2.17. The van der Waals surface area contributed by atoms with Gasteiger partial charge in [-0.25, -0.2) is 8.42 Å². The Bertz CT molecular complexity index is 1040. The highest BCUT2D eigenvalue weighted by atomic mass is 32.2. The predicted octanol–water partition coefficient (Wildman–Crippen LogP) is 3.89. The van der Waals surface area contributed by atoms with E-state index in [0.29, 0.717) is 16.8 Å². The van der Waals surface area contributed by atoms with E-state index in [4.69, 9.17) is 0 Å². The van der Waals surface area contributed by atoms with Crippen molar-refractivity contribution in [1.29, 1.82) is 0 Å². The Hall–Kier alpha value is -2.86. The van der Waals surface area contributed by atoms with Crippen LogP contribution in [0.25, 0.3) is 11.3 Å². The minimum absolute atomic E-state index is 0.0223. The van der Waals surface area contributed by atoms with Gasteiger partial charge in [-0.15, -0.1) is 0 Å². The van der Waals surface area contributed by atoms with Gasteiger partial charge in [0.1, 0.15) is 0 Å². The van der Waals surface area contributed by atoms with Crippen molar-refractivity contribution in [2.75, 3.05) is 0 Å². The summed E-state index contributed by atoms with van der Waals surface area (Å²) in [6.07, 6.45) is 3.42. The quantitative estimate of drug-likeness (QED) is 0.568.